The van der Waals surface area contributed by atoms with Crippen LogP contribution in [-0.2, 0) is 0 Å². The molecule has 1 amide bonds. The standard InChI is InChI=1S/C14H11N5OS/c15-11-3-1-2-9(6-11)12-8-21-14(18-12)19-13(20)10-4-5-16-17-7-10/h1-8H,15H2,(H,18,19,20). The van der Waals surface area contributed by atoms with Crippen LogP contribution < -0.4 is 11.1 Å². The second-order valence-corrected chi connectivity index (χ2v) is 5.11. The van der Waals surface area contributed by atoms with Crippen molar-refractivity contribution in [3.8, 4) is 11.3 Å². The Morgan fingerprint density at radius 3 is 2.90 bits per heavy atom. The maximum atomic E-state index is 12.0. The molecule has 7 heteroatoms. The van der Waals surface area contributed by atoms with Gasteiger partial charge in [0.1, 0.15) is 0 Å². The average Bonchev–Trinajstić information content (AvgIpc) is 2.97. The first kappa shape index (κ1) is 13.2. The van der Waals surface area contributed by atoms with E-state index in [-0.39, 0.29) is 5.91 Å². The van der Waals surface area contributed by atoms with Gasteiger partial charge in [-0.05, 0) is 18.2 Å². The van der Waals surface area contributed by atoms with E-state index in [9.17, 15) is 4.79 Å². The number of thiazole rings is 1. The minimum absolute atomic E-state index is 0.265. The Balaban J connectivity index is 1.78. The van der Waals surface area contributed by atoms with Crippen LogP contribution in [0.2, 0.25) is 0 Å². The average molecular weight is 297 g/mol. The molecule has 0 unspecified atom stereocenters. The van der Waals surface area contributed by atoms with Crippen LogP contribution in [0, 0.1) is 0 Å². The molecule has 21 heavy (non-hydrogen) atoms. The third-order valence-electron chi connectivity index (χ3n) is 2.75. The zero-order chi connectivity index (χ0) is 14.7. The highest BCUT2D eigenvalue weighted by Gasteiger charge is 2.10. The monoisotopic (exact) mass is 297 g/mol. The first-order valence-electron chi connectivity index (χ1n) is 6.12. The normalized spacial score (nSPS) is 10.3. The van der Waals surface area contributed by atoms with Crippen molar-refractivity contribution in [1.82, 2.24) is 15.2 Å². The molecule has 0 saturated heterocycles. The maximum absolute atomic E-state index is 12.0. The Bertz CT molecular complexity index is 772. The molecule has 3 rings (SSSR count). The van der Waals surface area contributed by atoms with E-state index in [1.54, 1.807) is 6.07 Å². The van der Waals surface area contributed by atoms with Crippen molar-refractivity contribution < 1.29 is 4.79 Å². The van der Waals surface area contributed by atoms with Gasteiger partial charge in [-0.15, -0.1) is 11.3 Å². The highest BCUT2D eigenvalue weighted by molar-refractivity contribution is 7.14. The predicted molar refractivity (Wildman–Crippen MR) is 81.9 cm³/mol. The first-order chi connectivity index (χ1) is 10.2. The summed E-state index contributed by atoms with van der Waals surface area (Å²) in [5, 5.41) is 12.4. The molecule has 104 valence electrons. The lowest BCUT2D eigenvalue weighted by atomic mass is 10.1. The summed E-state index contributed by atoms with van der Waals surface area (Å²) in [6, 6.07) is 9.03. The summed E-state index contributed by atoms with van der Waals surface area (Å²) in [6.07, 6.45) is 2.87. The summed E-state index contributed by atoms with van der Waals surface area (Å²) in [5.41, 5.74) is 8.55. The van der Waals surface area contributed by atoms with Gasteiger partial charge in [-0.25, -0.2) is 4.98 Å². The topological polar surface area (TPSA) is 93.8 Å². The van der Waals surface area contributed by atoms with E-state index in [0.29, 0.717) is 16.4 Å². The fourth-order valence-electron chi connectivity index (χ4n) is 1.76. The van der Waals surface area contributed by atoms with E-state index in [1.165, 1.54) is 23.7 Å². The van der Waals surface area contributed by atoms with Gasteiger partial charge in [0, 0.05) is 16.6 Å². The van der Waals surface area contributed by atoms with Gasteiger partial charge in [0.15, 0.2) is 5.13 Å². The largest absolute Gasteiger partial charge is 0.399 e. The molecule has 0 aliphatic heterocycles. The maximum Gasteiger partial charge on any atom is 0.259 e. The number of benzene rings is 1. The van der Waals surface area contributed by atoms with Crippen LogP contribution in [0.1, 0.15) is 10.4 Å². The summed E-state index contributed by atoms with van der Waals surface area (Å²) in [5.74, 6) is -0.265. The number of anilines is 2. The number of nitrogens with two attached hydrogens (primary N) is 1. The van der Waals surface area contributed by atoms with Crippen LogP contribution in [0.15, 0.2) is 48.1 Å². The van der Waals surface area contributed by atoms with Crippen molar-refractivity contribution in [2.75, 3.05) is 11.1 Å². The number of hydrogen-bond donors (Lipinski definition) is 2. The zero-order valence-electron chi connectivity index (χ0n) is 10.9. The fourth-order valence-corrected chi connectivity index (χ4v) is 2.47. The lowest BCUT2D eigenvalue weighted by molar-refractivity contribution is 0.102. The highest BCUT2D eigenvalue weighted by atomic mass is 32.1. The molecule has 0 spiro atoms. The number of nitrogens with one attached hydrogen (secondary N) is 1. The van der Waals surface area contributed by atoms with Gasteiger partial charge in [-0.3, -0.25) is 10.1 Å². The highest BCUT2D eigenvalue weighted by Crippen LogP contribution is 2.26. The minimum Gasteiger partial charge on any atom is -0.399 e. The number of aromatic nitrogens is 3. The van der Waals surface area contributed by atoms with Crippen molar-refractivity contribution in [3.05, 3.63) is 53.7 Å². The lowest BCUT2D eigenvalue weighted by Crippen LogP contribution is -2.12. The molecule has 0 atom stereocenters. The van der Waals surface area contributed by atoms with E-state index in [1.807, 2.05) is 29.6 Å². The summed E-state index contributed by atoms with van der Waals surface area (Å²) in [6.45, 7) is 0. The molecule has 1 aromatic carbocycles. The van der Waals surface area contributed by atoms with Crippen LogP contribution in [0.4, 0.5) is 10.8 Å². The SMILES string of the molecule is Nc1cccc(-c2csc(NC(=O)c3ccnnc3)n2)c1. The number of rotatable bonds is 3. The number of nitrogens with zero attached hydrogens (tertiary/aromatic N) is 3. The fraction of sp³-hybridized carbons (Fsp3) is 0. The first-order valence-corrected chi connectivity index (χ1v) is 7.00. The number of carbonyl (C=O) groups excluding carboxylic acids is 1. The van der Waals surface area contributed by atoms with E-state index >= 15 is 0 Å². The molecular formula is C14H11N5OS. The summed E-state index contributed by atoms with van der Waals surface area (Å²) in [4.78, 5) is 16.4. The molecule has 2 heterocycles. The third kappa shape index (κ3) is 3.03. The van der Waals surface area contributed by atoms with Gasteiger partial charge in [0.25, 0.3) is 5.91 Å². The Morgan fingerprint density at radius 1 is 1.24 bits per heavy atom. The van der Waals surface area contributed by atoms with Crippen LogP contribution >= 0.6 is 11.3 Å². The van der Waals surface area contributed by atoms with Crippen molar-refractivity contribution >= 4 is 28.1 Å². The third-order valence-corrected chi connectivity index (χ3v) is 3.51. The second-order valence-electron chi connectivity index (χ2n) is 4.25. The van der Waals surface area contributed by atoms with Crippen molar-refractivity contribution in [1.29, 1.82) is 0 Å². The molecule has 6 nitrogen and oxygen atoms in total. The Morgan fingerprint density at radius 2 is 2.14 bits per heavy atom. The van der Waals surface area contributed by atoms with Crippen LogP contribution in [0.25, 0.3) is 11.3 Å². The molecule has 0 aliphatic rings. The second kappa shape index (κ2) is 5.68. The Labute approximate surface area is 124 Å². The van der Waals surface area contributed by atoms with E-state index in [0.717, 1.165) is 11.3 Å². The van der Waals surface area contributed by atoms with Crippen LogP contribution in [-0.4, -0.2) is 21.1 Å². The molecular weight excluding hydrogens is 286 g/mol. The van der Waals surface area contributed by atoms with E-state index < -0.39 is 0 Å². The molecule has 2 aromatic heterocycles. The number of nitrogen functional groups attached to an aromatic ring is 1. The summed E-state index contributed by atoms with van der Waals surface area (Å²) in [7, 11) is 0. The van der Waals surface area contributed by atoms with Gasteiger partial charge in [-0.1, -0.05) is 12.1 Å². The van der Waals surface area contributed by atoms with Crippen LogP contribution in [0.5, 0.6) is 0 Å². The van der Waals surface area contributed by atoms with Gasteiger partial charge >= 0.3 is 0 Å². The molecule has 0 bridgehead atoms. The Hall–Kier alpha value is -2.80. The summed E-state index contributed by atoms with van der Waals surface area (Å²) < 4.78 is 0. The molecule has 0 radical (unpaired) electrons. The number of amides is 1. The van der Waals surface area contributed by atoms with Gasteiger partial charge in [-0.2, -0.15) is 10.2 Å². The van der Waals surface area contributed by atoms with Crippen LogP contribution in [0.3, 0.4) is 0 Å². The van der Waals surface area contributed by atoms with Crippen molar-refractivity contribution in [3.63, 3.8) is 0 Å². The molecule has 3 aromatic rings. The van der Waals surface area contributed by atoms with E-state index in [4.69, 9.17) is 5.73 Å². The smallest absolute Gasteiger partial charge is 0.259 e. The molecule has 0 aliphatic carbocycles. The van der Waals surface area contributed by atoms with Gasteiger partial charge < -0.3 is 5.73 Å². The van der Waals surface area contributed by atoms with Gasteiger partial charge in [0.05, 0.1) is 23.7 Å². The number of carbonyl (C=O) groups is 1. The minimum atomic E-state index is -0.265. The van der Waals surface area contributed by atoms with Crippen molar-refractivity contribution in [2.45, 2.75) is 0 Å². The lowest BCUT2D eigenvalue weighted by Gasteiger charge is -2.00. The van der Waals surface area contributed by atoms with Crippen molar-refractivity contribution in [2.24, 2.45) is 0 Å². The molecule has 0 saturated carbocycles. The quantitative estimate of drug-likeness (QED) is 0.724. The van der Waals surface area contributed by atoms with E-state index in [2.05, 4.69) is 20.5 Å². The predicted octanol–water partition coefficient (Wildman–Crippen LogP) is 2.43. The number of hydrogen-bond acceptors (Lipinski definition) is 6. The zero-order valence-corrected chi connectivity index (χ0v) is 11.7. The summed E-state index contributed by atoms with van der Waals surface area (Å²) >= 11 is 1.35. The molecule has 0 fully saturated rings. The Kier molecular flexibility index (Phi) is 3.57. The van der Waals surface area contributed by atoms with Gasteiger partial charge in [0.2, 0.25) is 0 Å². The molecule has 3 N–H and O–H groups in total.